The number of thiophene rings is 1. The molecule has 7 heteroatoms. The number of thioether (sulfide) groups is 1. The molecule has 0 bridgehead atoms. The average Bonchev–Trinajstić information content (AvgIpc) is 2.95. The van der Waals surface area contributed by atoms with Crippen LogP contribution in [0.5, 0.6) is 0 Å². The lowest BCUT2D eigenvalue weighted by atomic mass is 10.1. The predicted molar refractivity (Wildman–Crippen MR) is 137 cm³/mol. The summed E-state index contributed by atoms with van der Waals surface area (Å²) in [6.07, 6.45) is 5.55. The molecule has 2 aromatic carbocycles. The zero-order valence-corrected chi connectivity index (χ0v) is 20.8. The van der Waals surface area contributed by atoms with Gasteiger partial charge in [0.05, 0.1) is 11.1 Å². The van der Waals surface area contributed by atoms with E-state index in [1.165, 1.54) is 35.0 Å². The second-order valence-electron chi connectivity index (χ2n) is 8.09. The van der Waals surface area contributed by atoms with Crippen LogP contribution < -0.4 is 5.56 Å². The van der Waals surface area contributed by atoms with Gasteiger partial charge in [-0.15, -0.1) is 11.3 Å². The molecule has 32 heavy (non-hydrogen) atoms. The fraction of sp³-hybridized carbons (Fsp3) is 0.280. The SMILES string of the molecule is Cc1ccccc1-n1c(SCc2ccc(Cl)cc2Cl)nc2sc3c(c2c1=O)CCCCC3. The van der Waals surface area contributed by atoms with Gasteiger partial charge < -0.3 is 0 Å². The Balaban J connectivity index is 1.68. The van der Waals surface area contributed by atoms with Crippen LogP contribution in [0.15, 0.2) is 52.4 Å². The molecule has 1 aliphatic carbocycles. The summed E-state index contributed by atoms with van der Waals surface area (Å²) in [7, 11) is 0. The molecule has 164 valence electrons. The molecular formula is C25H22Cl2N2OS2. The van der Waals surface area contributed by atoms with Gasteiger partial charge in [0, 0.05) is 20.7 Å². The highest BCUT2D eigenvalue weighted by Gasteiger charge is 2.23. The summed E-state index contributed by atoms with van der Waals surface area (Å²) in [6.45, 7) is 2.03. The Hall–Kier alpha value is -1.79. The number of halogens is 2. The molecule has 2 aromatic heterocycles. The summed E-state index contributed by atoms with van der Waals surface area (Å²) >= 11 is 15.7. The van der Waals surface area contributed by atoms with E-state index in [1.54, 1.807) is 22.0 Å². The number of aryl methyl sites for hydroxylation is 3. The maximum Gasteiger partial charge on any atom is 0.267 e. The van der Waals surface area contributed by atoms with Crippen LogP contribution in [-0.2, 0) is 18.6 Å². The Labute approximate surface area is 205 Å². The molecule has 3 nitrogen and oxygen atoms in total. The van der Waals surface area contributed by atoms with E-state index in [9.17, 15) is 4.79 Å². The Morgan fingerprint density at radius 1 is 1.09 bits per heavy atom. The van der Waals surface area contributed by atoms with Crippen molar-refractivity contribution in [2.75, 3.05) is 0 Å². The van der Waals surface area contributed by atoms with Crippen molar-refractivity contribution in [1.29, 1.82) is 0 Å². The molecule has 0 N–H and O–H groups in total. The third kappa shape index (κ3) is 4.12. The molecule has 0 amide bonds. The zero-order chi connectivity index (χ0) is 22.2. The summed E-state index contributed by atoms with van der Waals surface area (Å²) in [6, 6.07) is 13.5. The van der Waals surface area contributed by atoms with Gasteiger partial charge in [-0.1, -0.05) is 65.7 Å². The first-order valence-electron chi connectivity index (χ1n) is 10.7. The highest BCUT2D eigenvalue weighted by Crippen LogP contribution is 2.36. The van der Waals surface area contributed by atoms with E-state index < -0.39 is 0 Å². The average molecular weight is 502 g/mol. The number of fused-ring (bicyclic) bond motifs is 3. The fourth-order valence-electron chi connectivity index (χ4n) is 4.27. The van der Waals surface area contributed by atoms with Crippen LogP contribution in [0.25, 0.3) is 15.9 Å². The lowest BCUT2D eigenvalue weighted by Crippen LogP contribution is -2.22. The molecule has 0 fully saturated rings. The third-order valence-electron chi connectivity index (χ3n) is 5.94. The normalized spacial score (nSPS) is 13.8. The Morgan fingerprint density at radius 2 is 1.91 bits per heavy atom. The Kier molecular flexibility index (Phi) is 6.35. The van der Waals surface area contributed by atoms with Gasteiger partial charge in [-0.2, -0.15) is 0 Å². The molecule has 0 unspecified atom stereocenters. The largest absolute Gasteiger partial charge is 0.268 e. The van der Waals surface area contributed by atoms with E-state index in [0.29, 0.717) is 21.0 Å². The minimum atomic E-state index is 0.0356. The highest BCUT2D eigenvalue weighted by atomic mass is 35.5. The summed E-state index contributed by atoms with van der Waals surface area (Å²) < 4.78 is 1.80. The van der Waals surface area contributed by atoms with Crippen LogP contribution >= 0.6 is 46.3 Å². The molecule has 4 aromatic rings. The molecule has 0 radical (unpaired) electrons. The van der Waals surface area contributed by atoms with Crippen molar-refractivity contribution >= 4 is 56.5 Å². The maximum atomic E-state index is 13.9. The van der Waals surface area contributed by atoms with Gasteiger partial charge in [-0.25, -0.2) is 4.98 Å². The van der Waals surface area contributed by atoms with Gasteiger partial charge in [0.2, 0.25) is 0 Å². The topological polar surface area (TPSA) is 34.9 Å². The fourth-order valence-corrected chi connectivity index (χ4v) is 7.13. The quantitative estimate of drug-likeness (QED) is 0.164. The molecule has 2 heterocycles. The standard InChI is InChI=1S/C25H22Cl2N2OS2/c1-15-7-5-6-9-20(15)29-24(30)22-18-8-3-2-4-10-21(18)32-23(22)28-25(29)31-14-16-11-12-17(26)13-19(16)27/h5-7,9,11-13H,2-4,8,10,14H2,1H3. The molecule has 5 rings (SSSR count). The van der Waals surface area contributed by atoms with Crippen molar-refractivity contribution in [3.63, 3.8) is 0 Å². The van der Waals surface area contributed by atoms with Crippen LogP contribution in [-0.4, -0.2) is 9.55 Å². The molecule has 0 aliphatic heterocycles. The summed E-state index contributed by atoms with van der Waals surface area (Å²) in [5, 5.41) is 2.74. The van der Waals surface area contributed by atoms with Gasteiger partial charge in [0.1, 0.15) is 4.83 Å². The van der Waals surface area contributed by atoms with Crippen molar-refractivity contribution < 1.29 is 0 Å². The van der Waals surface area contributed by atoms with Gasteiger partial charge in [-0.05, 0) is 67.5 Å². The van der Waals surface area contributed by atoms with Crippen LogP contribution in [0.2, 0.25) is 10.0 Å². The number of rotatable bonds is 4. The predicted octanol–water partition coefficient (Wildman–Crippen LogP) is 7.62. The van der Waals surface area contributed by atoms with Crippen molar-refractivity contribution in [1.82, 2.24) is 9.55 Å². The van der Waals surface area contributed by atoms with Crippen LogP contribution in [0, 0.1) is 6.92 Å². The minimum Gasteiger partial charge on any atom is -0.268 e. The van der Waals surface area contributed by atoms with E-state index in [4.69, 9.17) is 28.2 Å². The van der Waals surface area contributed by atoms with E-state index >= 15 is 0 Å². The first-order chi connectivity index (χ1) is 15.5. The van der Waals surface area contributed by atoms with Crippen molar-refractivity contribution in [3.8, 4) is 5.69 Å². The molecular weight excluding hydrogens is 479 g/mol. The van der Waals surface area contributed by atoms with E-state index in [2.05, 4.69) is 0 Å². The van der Waals surface area contributed by atoms with Gasteiger partial charge in [0.25, 0.3) is 5.56 Å². The number of benzene rings is 2. The van der Waals surface area contributed by atoms with Crippen LogP contribution in [0.4, 0.5) is 0 Å². The van der Waals surface area contributed by atoms with Crippen molar-refractivity contribution in [2.45, 2.75) is 49.9 Å². The maximum absolute atomic E-state index is 13.9. The second kappa shape index (κ2) is 9.22. The first kappa shape index (κ1) is 22.0. The number of para-hydroxylation sites is 1. The van der Waals surface area contributed by atoms with E-state index in [-0.39, 0.29) is 5.56 Å². The third-order valence-corrected chi connectivity index (χ3v) is 8.70. The first-order valence-corrected chi connectivity index (χ1v) is 13.3. The Morgan fingerprint density at radius 3 is 2.72 bits per heavy atom. The summed E-state index contributed by atoms with van der Waals surface area (Å²) in [5.41, 5.74) is 4.15. The summed E-state index contributed by atoms with van der Waals surface area (Å²) in [5.74, 6) is 0.602. The van der Waals surface area contributed by atoms with E-state index in [1.807, 2.05) is 43.3 Å². The zero-order valence-electron chi connectivity index (χ0n) is 17.7. The molecule has 0 saturated heterocycles. The molecule has 0 atom stereocenters. The summed E-state index contributed by atoms with van der Waals surface area (Å²) in [4.78, 5) is 21.2. The Bertz CT molecular complexity index is 1380. The monoisotopic (exact) mass is 500 g/mol. The lowest BCUT2D eigenvalue weighted by molar-refractivity contribution is 0.713. The molecule has 1 aliphatic rings. The number of aromatic nitrogens is 2. The minimum absolute atomic E-state index is 0.0356. The smallest absolute Gasteiger partial charge is 0.267 e. The number of hydrogen-bond acceptors (Lipinski definition) is 4. The highest BCUT2D eigenvalue weighted by molar-refractivity contribution is 7.98. The van der Waals surface area contributed by atoms with E-state index in [0.717, 1.165) is 46.3 Å². The van der Waals surface area contributed by atoms with Crippen LogP contribution in [0.1, 0.15) is 40.8 Å². The molecule has 0 spiro atoms. The number of nitrogens with zero attached hydrogens (tertiary/aromatic N) is 2. The number of hydrogen-bond donors (Lipinski definition) is 0. The van der Waals surface area contributed by atoms with Crippen molar-refractivity contribution in [3.05, 3.63) is 84.4 Å². The van der Waals surface area contributed by atoms with Gasteiger partial charge in [0.15, 0.2) is 5.16 Å². The lowest BCUT2D eigenvalue weighted by Gasteiger charge is -2.15. The van der Waals surface area contributed by atoms with Gasteiger partial charge >= 0.3 is 0 Å². The second-order valence-corrected chi connectivity index (χ2v) is 11.0. The van der Waals surface area contributed by atoms with Crippen molar-refractivity contribution in [2.24, 2.45) is 0 Å². The van der Waals surface area contributed by atoms with Gasteiger partial charge in [-0.3, -0.25) is 9.36 Å². The molecule has 0 saturated carbocycles. The van der Waals surface area contributed by atoms with Crippen LogP contribution in [0.3, 0.4) is 0 Å².